The van der Waals surface area contributed by atoms with Crippen LogP contribution in [0.2, 0.25) is 0 Å². The number of rotatable bonds is 4. The number of fused-ring (bicyclic) bond motifs is 1. The lowest BCUT2D eigenvalue weighted by molar-refractivity contribution is 0.0548. The number of carbonyl (C=O) groups is 1. The second-order valence-corrected chi connectivity index (χ2v) is 8.11. The van der Waals surface area contributed by atoms with Crippen molar-refractivity contribution in [2.45, 2.75) is 38.8 Å². The molecule has 1 amide bonds. The number of amides is 1. The molecule has 2 aromatic carbocycles. The highest BCUT2D eigenvalue weighted by atomic mass is 16.5. The van der Waals surface area contributed by atoms with E-state index in [4.69, 9.17) is 9.47 Å². The molecule has 2 aromatic rings. The molecule has 1 unspecified atom stereocenters. The van der Waals surface area contributed by atoms with Gasteiger partial charge in [-0.1, -0.05) is 17.7 Å². The Balaban J connectivity index is 1.47. The Bertz CT molecular complexity index is 896. The number of aryl methyl sites for hydroxylation is 1. The van der Waals surface area contributed by atoms with Crippen molar-refractivity contribution < 1.29 is 14.3 Å². The van der Waals surface area contributed by atoms with Crippen LogP contribution in [0.1, 0.15) is 39.9 Å². The topological polar surface area (TPSA) is 42.0 Å². The molecule has 1 fully saturated rings. The molecule has 0 spiro atoms. The van der Waals surface area contributed by atoms with E-state index in [0.717, 1.165) is 68.1 Å². The number of benzene rings is 2. The average molecular weight is 395 g/mol. The van der Waals surface area contributed by atoms with E-state index in [1.807, 2.05) is 36.1 Å². The fourth-order valence-electron chi connectivity index (χ4n) is 4.61. The maximum absolute atomic E-state index is 13.0. The molecule has 1 saturated heterocycles. The first-order valence-electron chi connectivity index (χ1n) is 10.4. The summed E-state index contributed by atoms with van der Waals surface area (Å²) < 4.78 is 10.9. The number of piperidine rings is 1. The highest BCUT2D eigenvalue weighted by Crippen LogP contribution is 2.34. The third-order valence-electron chi connectivity index (χ3n) is 6.21. The van der Waals surface area contributed by atoms with Crippen molar-refractivity contribution in [3.63, 3.8) is 0 Å². The predicted octanol–water partition coefficient (Wildman–Crippen LogP) is 3.68. The Labute approximate surface area is 173 Å². The number of ether oxygens (including phenoxy) is 2. The fourth-order valence-corrected chi connectivity index (χ4v) is 4.61. The third-order valence-corrected chi connectivity index (χ3v) is 6.21. The molecule has 4 rings (SSSR count). The van der Waals surface area contributed by atoms with E-state index in [1.54, 1.807) is 14.2 Å². The molecule has 154 valence electrons. The molecule has 0 saturated carbocycles. The first-order valence-corrected chi connectivity index (χ1v) is 10.4. The molecular weight excluding hydrogens is 364 g/mol. The van der Waals surface area contributed by atoms with Crippen molar-refractivity contribution in [3.05, 3.63) is 58.7 Å². The largest absolute Gasteiger partial charge is 0.493 e. The molecule has 0 bridgehead atoms. The van der Waals surface area contributed by atoms with E-state index < -0.39 is 0 Å². The van der Waals surface area contributed by atoms with Crippen LogP contribution in [0.5, 0.6) is 11.5 Å². The summed E-state index contributed by atoms with van der Waals surface area (Å²) in [5.74, 6) is 1.74. The van der Waals surface area contributed by atoms with E-state index in [0.29, 0.717) is 6.04 Å². The molecule has 2 aliphatic rings. The van der Waals surface area contributed by atoms with Crippen LogP contribution in [0, 0.1) is 6.92 Å². The van der Waals surface area contributed by atoms with Crippen LogP contribution in [0.3, 0.4) is 0 Å². The summed E-state index contributed by atoms with van der Waals surface area (Å²) in [6.45, 7) is 5.59. The van der Waals surface area contributed by atoms with Gasteiger partial charge in [0.1, 0.15) is 0 Å². The highest BCUT2D eigenvalue weighted by Gasteiger charge is 2.30. The number of nitrogens with zero attached hydrogens (tertiary/aromatic N) is 2. The normalized spacial score (nSPS) is 19.6. The molecule has 5 heteroatoms. The summed E-state index contributed by atoms with van der Waals surface area (Å²) in [5, 5.41) is 0. The van der Waals surface area contributed by atoms with Gasteiger partial charge in [0.2, 0.25) is 0 Å². The van der Waals surface area contributed by atoms with Crippen LogP contribution >= 0.6 is 0 Å². The quantitative estimate of drug-likeness (QED) is 0.793. The van der Waals surface area contributed by atoms with Gasteiger partial charge in [0.15, 0.2) is 11.5 Å². The summed E-state index contributed by atoms with van der Waals surface area (Å²) >= 11 is 0. The highest BCUT2D eigenvalue weighted by molar-refractivity contribution is 5.94. The second kappa shape index (κ2) is 8.46. The number of carbonyl (C=O) groups excluding carboxylic acids is 1. The summed E-state index contributed by atoms with van der Waals surface area (Å²) in [7, 11) is 3.36. The lowest BCUT2D eigenvalue weighted by Gasteiger charge is -2.41. The molecule has 5 nitrogen and oxygen atoms in total. The summed E-state index contributed by atoms with van der Waals surface area (Å²) in [4.78, 5) is 17.6. The van der Waals surface area contributed by atoms with Gasteiger partial charge in [-0.15, -0.1) is 0 Å². The van der Waals surface area contributed by atoms with Gasteiger partial charge in [-0.05, 0) is 61.6 Å². The van der Waals surface area contributed by atoms with Crippen LogP contribution in [0.4, 0.5) is 0 Å². The van der Waals surface area contributed by atoms with Crippen molar-refractivity contribution in [3.8, 4) is 11.5 Å². The Morgan fingerprint density at radius 3 is 2.52 bits per heavy atom. The van der Waals surface area contributed by atoms with Gasteiger partial charge in [0, 0.05) is 37.8 Å². The van der Waals surface area contributed by atoms with Crippen molar-refractivity contribution in [1.82, 2.24) is 9.80 Å². The summed E-state index contributed by atoms with van der Waals surface area (Å²) in [5.41, 5.74) is 4.56. The molecule has 0 aromatic heterocycles. The van der Waals surface area contributed by atoms with Gasteiger partial charge >= 0.3 is 0 Å². The SMILES string of the molecule is COc1cc2c(cc1OC)CN(C1CCCN(C(=O)c3cccc(C)c3)C1)CC2. The molecule has 0 N–H and O–H groups in total. The first-order chi connectivity index (χ1) is 14.1. The fraction of sp³-hybridized carbons (Fsp3) is 0.458. The van der Waals surface area contributed by atoms with Crippen molar-refractivity contribution in [2.75, 3.05) is 33.9 Å². The summed E-state index contributed by atoms with van der Waals surface area (Å²) in [6.07, 6.45) is 3.19. The van der Waals surface area contributed by atoms with Crippen LogP contribution in [0.25, 0.3) is 0 Å². The van der Waals surface area contributed by atoms with E-state index >= 15 is 0 Å². The zero-order chi connectivity index (χ0) is 20.4. The molecular formula is C24H30N2O3. The minimum absolute atomic E-state index is 0.155. The maximum atomic E-state index is 13.0. The smallest absolute Gasteiger partial charge is 0.253 e. The minimum atomic E-state index is 0.155. The average Bonchev–Trinajstić information content (AvgIpc) is 2.77. The standard InChI is InChI=1S/C24H30N2O3/c1-17-6-4-7-19(12-17)24(27)26-10-5-8-21(16-26)25-11-9-18-13-22(28-2)23(29-3)14-20(18)15-25/h4,6-7,12-14,21H,5,8-11,15-16H2,1-3H3. The summed E-state index contributed by atoms with van der Waals surface area (Å²) in [6, 6.07) is 12.5. The molecule has 0 aliphatic carbocycles. The van der Waals surface area contributed by atoms with Gasteiger partial charge in [-0.25, -0.2) is 0 Å². The molecule has 0 radical (unpaired) electrons. The Kier molecular flexibility index (Phi) is 5.76. The van der Waals surface area contributed by atoms with Gasteiger partial charge in [0.25, 0.3) is 5.91 Å². The van der Waals surface area contributed by atoms with Gasteiger partial charge in [-0.3, -0.25) is 9.69 Å². The van der Waals surface area contributed by atoms with Crippen molar-refractivity contribution in [1.29, 1.82) is 0 Å². The van der Waals surface area contributed by atoms with Crippen molar-refractivity contribution in [2.24, 2.45) is 0 Å². The lowest BCUT2D eigenvalue weighted by atomic mass is 9.95. The number of hydrogen-bond donors (Lipinski definition) is 0. The second-order valence-electron chi connectivity index (χ2n) is 8.11. The Hall–Kier alpha value is -2.53. The number of likely N-dealkylation sites (tertiary alicyclic amines) is 1. The maximum Gasteiger partial charge on any atom is 0.253 e. The third kappa shape index (κ3) is 4.10. The molecule has 2 aliphatic heterocycles. The molecule has 1 atom stereocenters. The van der Waals surface area contributed by atoms with Gasteiger partial charge < -0.3 is 14.4 Å². The van der Waals surface area contributed by atoms with Gasteiger partial charge in [-0.2, -0.15) is 0 Å². The van der Waals surface area contributed by atoms with Crippen molar-refractivity contribution >= 4 is 5.91 Å². The Morgan fingerprint density at radius 2 is 1.79 bits per heavy atom. The zero-order valence-electron chi connectivity index (χ0n) is 17.6. The van der Waals surface area contributed by atoms with Crippen LogP contribution in [-0.2, 0) is 13.0 Å². The number of methoxy groups -OCH3 is 2. The van der Waals surface area contributed by atoms with Crippen LogP contribution < -0.4 is 9.47 Å². The lowest BCUT2D eigenvalue weighted by Crippen LogP contribution is -2.51. The molecule has 2 heterocycles. The van der Waals surface area contributed by atoms with Crippen LogP contribution in [-0.4, -0.2) is 55.6 Å². The first kappa shape index (κ1) is 19.8. The van der Waals surface area contributed by atoms with Gasteiger partial charge in [0.05, 0.1) is 14.2 Å². The zero-order valence-corrected chi connectivity index (χ0v) is 17.6. The molecule has 29 heavy (non-hydrogen) atoms. The minimum Gasteiger partial charge on any atom is -0.493 e. The van der Waals surface area contributed by atoms with E-state index in [2.05, 4.69) is 17.0 Å². The van der Waals surface area contributed by atoms with E-state index in [-0.39, 0.29) is 5.91 Å². The van der Waals surface area contributed by atoms with Crippen LogP contribution in [0.15, 0.2) is 36.4 Å². The number of hydrogen-bond acceptors (Lipinski definition) is 4. The monoisotopic (exact) mass is 394 g/mol. The Morgan fingerprint density at radius 1 is 1.03 bits per heavy atom. The van der Waals surface area contributed by atoms with E-state index in [1.165, 1.54) is 11.1 Å². The van der Waals surface area contributed by atoms with E-state index in [9.17, 15) is 4.79 Å². The predicted molar refractivity (Wildman–Crippen MR) is 114 cm³/mol.